The van der Waals surface area contributed by atoms with Crippen LogP contribution < -0.4 is 10.7 Å². The third kappa shape index (κ3) is 3.57. The molecule has 2 aromatic heterocycles. The van der Waals surface area contributed by atoms with Gasteiger partial charge in [0, 0.05) is 11.4 Å². The quantitative estimate of drug-likeness (QED) is 0.564. The molecule has 0 radical (unpaired) electrons. The zero-order valence-corrected chi connectivity index (χ0v) is 15.6. The van der Waals surface area contributed by atoms with Gasteiger partial charge in [0.1, 0.15) is 5.82 Å². The van der Waals surface area contributed by atoms with Crippen LogP contribution in [0.15, 0.2) is 70.8 Å². The number of carbonyl (C=O) groups is 1. The van der Waals surface area contributed by atoms with Crippen LogP contribution in [0.3, 0.4) is 0 Å². The average Bonchev–Trinajstić information content (AvgIpc) is 3.23. The van der Waals surface area contributed by atoms with Gasteiger partial charge < -0.3 is 5.32 Å². The van der Waals surface area contributed by atoms with E-state index in [1.165, 1.54) is 16.8 Å². The second-order valence-electron chi connectivity index (χ2n) is 6.17. The molecule has 4 aromatic rings. The number of aromatic nitrogens is 2. The normalized spacial score (nSPS) is 10.9. The molecule has 28 heavy (non-hydrogen) atoms. The minimum Gasteiger partial charge on any atom is -0.350 e. The van der Waals surface area contributed by atoms with Gasteiger partial charge in [-0.25, -0.2) is 9.07 Å². The number of halogens is 1. The fourth-order valence-electron chi connectivity index (χ4n) is 2.94. The summed E-state index contributed by atoms with van der Waals surface area (Å²) in [4.78, 5) is 26.6. The maximum atomic E-state index is 13.3. The van der Waals surface area contributed by atoms with Gasteiger partial charge in [0.15, 0.2) is 5.69 Å². The van der Waals surface area contributed by atoms with Gasteiger partial charge in [0.2, 0.25) is 5.43 Å². The van der Waals surface area contributed by atoms with Crippen LogP contribution in [0.1, 0.15) is 15.4 Å². The number of para-hydroxylation sites is 1. The van der Waals surface area contributed by atoms with E-state index in [0.29, 0.717) is 29.6 Å². The third-order valence-electron chi connectivity index (χ3n) is 4.32. The lowest BCUT2D eigenvalue weighted by atomic mass is 10.2. The zero-order chi connectivity index (χ0) is 19.5. The van der Waals surface area contributed by atoms with Gasteiger partial charge in [-0.1, -0.05) is 18.2 Å². The number of hydrogen-bond donors (Lipinski definition) is 1. The Bertz CT molecular complexity index is 1180. The molecule has 5 nitrogen and oxygen atoms in total. The third-order valence-corrected chi connectivity index (χ3v) is 5.25. The lowest BCUT2D eigenvalue weighted by Gasteiger charge is -2.12. The summed E-state index contributed by atoms with van der Waals surface area (Å²) in [6, 6.07) is 16.6. The highest BCUT2D eigenvalue weighted by Crippen LogP contribution is 2.16. The molecule has 0 fully saturated rings. The molecule has 0 atom stereocenters. The number of benzene rings is 2. The first kappa shape index (κ1) is 18.1. The number of nitrogens with zero attached hydrogens (tertiary/aromatic N) is 2. The van der Waals surface area contributed by atoms with Crippen LogP contribution in [-0.4, -0.2) is 22.2 Å². The van der Waals surface area contributed by atoms with Gasteiger partial charge in [-0.3, -0.25) is 9.59 Å². The van der Waals surface area contributed by atoms with E-state index in [1.54, 1.807) is 47.7 Å². The minimum atomic E-state index is -0.525. The first-order valence-electron chi connectivity index (χ1n) is 8.72. The van der Waals surface area contributed by atoms with E-state index in [0.717, 1.165) is 4.88 Å². The van der Waals surface area contributed by atoms with Crippen LogP contribution in [0.25, 0.3) is 16.6 Å². The summed E-state index contributed by atoms with van der Waals surface area (Å²) in [5.41, 5.74) is 0.497. The van der Waals surface area contributed by atoms with Gasteiger partial charge in [0.25, 0.3) is 5.91 Å². The number of carbonyl (C=O) groups excluding carboxylic acids is 1. The van der Waals surface area contributed by atoms with Crippen molar-refractivity contribution in [3.05, 3.63) is 92.7 Å². The highest BCUT2D eigenvalue weighted by atomic mass is 32.1. The smallest absolute Gasteiger partial charge is 0.275 e. The van der Waals surface area contributed by atoms with Crippen molar-refractivity contribution in [1.29, 1.82) is 0 Å². The second kappa shape index (κ2) is 7.74. The number of nitrogens with one attached hydrogen (secondary N) is 1. The number of hydrogen-bond acceptors (Lipinski definition) is 4. The number of fused-ring (bicyclic) bond motifs is 1. The molecule has 4 rings (SSSR count). The zero-order valence-electron chi connectivity index (χ0n) is 14.8. The first-order valence-corrected chi connectivity index (χ1v) is 9.60. The standard InChI is InChI=1S/C21H16FN3O2S/c22-14-7-9-15(10-8-14)25-18-6-2-1-5-17(18)20(26)19(24-25)21(27)23-12-11-16-4-3-13-28-16/h1-10,13H,11-12H2,(H,23,27). The molecule has 0 aliphatic rings. The fourth-order valence-corrected chi connectivity index (χ4v) is 3.65. The van der Waals surface area contributed by atoms with Gasteiger partial charge in [-0.2, -0.15) is 5.10 Å². The monoisotopic (exact) mass is 393 g/mol. The molecule has 140 valence electrons. The van der Waals surface area contributed by atoms with Gasteiger partial charge in [0.05, 0.1) is 16.6 Å². The summed E-state index contributed by atoms with van der Waals surface area (Å²) in [5, 5.41) is 9.41. The summed E-state index contributed by atoms with van der Waals surface area (Å²) in [6.45, 7) is 0.407. The summed E-state index contributed by atoms with van der Waals surface area (Å²) < 4.78 is 14.8. The van der Waals surface area contributed by atoms with Crippen molar-refractivity contribution >= 4 is 28.1 Å². The molecular weight excluding hydrogens is 377 g/mol. The van der Waals surface area contributed by atoms with E-state index in [4.69, 9.17) is 0 Å². The molecular formula is C21H16FN3O2S. The molecule has 0 bridgehead atoms. The van der Waals surface area contributed by atoms with Crippen molar-refractivity contribution in [2.24, 2.45) is 0 Å². The highest BCUT2D eigenvalue weighted by Gasteiger charge is 2.17. The lowest BCUT2D eigenvalue weighted by Crippen LogP contribution is -2.33. The number of rotatable bonds is 5. The molecule has 0 aliphatic carbocycles. The first-order chi connectivity index (χ1) is 13.6. The summed E-state index contributed by atoms with van der Waals surface area (Å²) in [5.74, 6) is -0.899. The number of amides is 1. The van der Waals surface area contributed by atoms with Crippen molar-refractivity contribution in [2.45, 2.75) is 6.42 Å². The Balaban J connectivity index is 1.71. The molecule has 0 spiro atoms. The van der Waals surface area contributed by atoms with Crippen LogP contribution in [0.5, 0.6) is 0 Å². The molecule has 1 amide bonds. The molecule has 0 unspecified atom stereocenters. The Morgan fingerprint density at radius 1 is 1.07 bits per heavy atom. The highest BCUT2D eigenvalue weighted by molar-refractivity contribution is 7.09. The Morgan fingerprint density at radius 2 is 1.86 bits per heavy atom. The van der Waals surface area contributed by atoms with Crippen molar-refractivity contribution in [3.63, 3.8) is 0 Å². The SMILES string of the molecule is O=C(NCCc1cccs1)c1nn(-c2ccc(F)cc2)c2ccccc2c1=O. The van der Waals surface area contributed by atoms with Gasteiger partial charge in [-0.15, -0.1) is 11.3 Å². The van der Waals surface area contributed by atoms with E-state index >= 15 is 0 Å². The predicted molar refractivity (Wildman–Crippen MR) is 108 cm³/mol. The number of thiophene rings is 1. The summed E-state index contributed by atoms with van der Waals surface area (Å²) >= 11 is 1.61. The second-order valence-corrected chi connectivity index (χ2v) is 7.20. The van der Waals surface area contributed by atoms with Gasteiger partial charge >= 0.3 is 0 Å². The summed E-state index contributed by atoms with van der Waals surface area (Å²) in [6.07, 6.45) is 0.684. The van der Waals surface area contributed by atoms with Crippen molar-refractivity contribution in [3.8, 4) is 5.69 Å². The molecule has 2 heterocycles. The van der Waals surface area contributed by atoms with Crippen molar-refractivity contribution in [2.75, 3.05) is 6.54 Å². The van der Waals surface area contributed by atoms with Crippen LogP contribution >= 0.6 is 11.3 Å². The summed E-state index contributed by atoms with van der Waals surface area (Å²) in [7, 11) is 0. The fraction of sp³-hybridized carbons (Fsp3) is 0.0952. The van der Waals surface area contributed by atoms with E-state index in [1.807, 2.05) is 17.5 Å². The average molecular weight is 393 g/mol. The van der Waals surface area contributed by atoms with E-state index in [9.17, 15) is 14.0 Å². The maximum absolute atomic E-state index is 13.3. The topological polar surface area (TPSA) is 64.0 Å². The van der Waals surface area contributed by atoms with E-state index < -0.39 is 11.3 Å². The Labute approximate surface area is 164 Å². The molecule has 7 heteroatoms. The molecule has 0 saturated heterocycles. The van der Waals surface area contributed by atoms with Crippen LogP contribution in [-0.2, 0) is 6.42 Å². The largest absolute Gasteiger partial charge is 0.350 e. The lowest BCUT2D eigenvalue weighted by molar-refractivity contribution is 0.0946. The predicted octanol–water partition coefficient (Wildman–Crippen LogP) is 3.56. The Kier molecular flexibility index (Phi) is 4.99. The van der Waals surface area contributed by atoms with Crippen molar-refractivity contribution in [1.82, 2.24) is 15.1 Å². The van der Waals surface area contributed by atoms with Crippen LogP contribution in [0.4, 0.5) is 4.39 Å². The van der Waals surface area contributed by atoms with Crippen molar-refractivity contribution < 1.29 is 9.18 Å². The van der Waals surface area contributed by atoms with E-state index in [-0.39, 0.29) is 11.5 Å². The molecule has 2 aromatic carbocycles. The Morgan fingerprint density at radius 3 is 2.61 bits per heavy atom. The van der Waals surface area contributed by atoms with Crippen LogP contribution in [0, 0.1) is 5.82 Å². The maximum Gasteiger partial charge on any atom is 0.275 e. The van der Waals surface area contributed by atoms with Crippen LogP contribution in [0.2, 0.25) is 0 Å². The van der Waals surface area contributed by atoms with Gasteiger partial charge in [-0.05, 0) is 54.3 Å². The van der Waals surface area contributed by atoms with E-state index in [2.05, 4.69) is 10.4 Å². The molecule has 0 saturated carbocycles. The molecule has 1 N–H and O–H groups in total. The minimum absolute atomic E-state index is 0.186. The molecule has 0 aliphatic heterocycles. The Hall–Kier alpha value is -3.32.